The van der Waals surface area contributed by atoms with Crippen molar-refractivity contribution in [3.8, 4) is 0 Å². The van der Waals surface area contributed by atoms with Crippen LogP contribution in [0.15, 0.2) is 18.2 Å². The molecule has 21 heavy (non-hydrogen) atoms. The van der Waals surface area contributed by atoms with Gasteiger partial charge in [0.05, 0.1) is 0 Å². The second-order valence-corrected chi connectivity index (χ2v) is 7.25. The van der Waals surface area contributed by atoms with Gasteiger partial charge in [-0.25, -0.2) is 8.78 Å². The number of hydrogen-bond donors (Lipinski definition) is 1. The largest absolute Gasteiger partial charge is 0.310 e. The van der Waals surface area contributed by atoms with Crippen LogP contribution in [0.1, 0.15) is 65.5 Å². The number of halogens is 2. The summed E-state index contributed by atoms with van der Waals surface area (Å²) in [6, 6.07) is 3.84. The Morgan fingerprint density at radius 3 is 2.19 bits per heavy atom. The highest BCUT2D eigenvalue weighted by atomic mass is 19.1. The molecule has 0 aromatic heterocycles. The van der Waals surface area contributed by atoms with Crippen molar-refractivity contribution in [1.29, 1.82) is 0 Å². The third-order valence-corrected chi connectivity index (χ3v) is 3.59. The van der Waals surface area contributed by atoms with E-state index in [1.54, 1.807) is 0 Å². The smallest absolute Gasteiger partial charge is 0.130 e. The molecule has 0 heterocycles. The Labute approximate surface area is 128 Å². The lowest BCUT2D eigenvalue weighted by Gasteiger charge is -2.28. The zero-order valence-corrected chi connectivity index (χ0v) is 14.0. The summed E-state index contributed by atoms with van der Waals surface area (Å²) in [5.74, 6) is -0.503. The van der Waals surface area contributed by atoms with Gasteiger partial charge < -0.3 is 5.32 Å². The lowest BCUT2D eigenvalue weighted by molar-refractivity contribution is 0.272. The van der Waals surface area contributed by atoms with Crippen molar-refractivity contribution in [3.63, 3.8) is 0 Å². The van der Waals surface area contributed by atoms with Crippen LogP contribution in [0.2, 0.25) is 0 Å². The molecule has 0 aliphatic carbocycles. The summed E-state index contributed by atoms with van der Waals surface area (Å²) in [5, 5.41) is 3.30. The second-order valence-electron chi connectivity index (χ2n) is 7.25. The fourth-order valence-electron chi connectivity index (χ4n) is 3.00. The maximum atomic E-state index is 14.0. The molecule has 3 heteroatoms. The first-order valence-electron chi connectivity index (χ1n) is 7.92. The summed E-state index contributed by atoms with van der Waals surface area (Å²) in [6.45, 7) is 11.6. The van der Waals surface area contributed by atoms with Crippen molar-refractivity contribution >= 4 is 0 Å². The normalized spacial score (nSPS) is 15.0. The van der Waals surface area contributed by atoms with E-state index in [4.69, 9.17) is 0 Å². The van der Waals surface area contributed by atoms with Crippen molar-refractivity contribution in [2.45, 2.75) is 59.9 Å². The quantitative estimate of drug-likeness (QED) is 0.704. The molecule has 0 spiro atoms. The van der Waals surface area contributed by atoms with Crippen LogP contribution in [0.5, 0.6) is 0 Å². The van der Waals surface area contributed by atoms with E-state index in [0.29, 0.717) is 5.92 Å². The molecule has 0 bridgehead atoms. The molecule has 0 saturated heterocycles. The van der Waals surface area contributed by atoms with Gasteiger partial charge in [0.15, 0.2) is 0 Å². The summed E-state index contributed by atoms with van der Waals surface area (Å²) in [5.41, 5.74) is 0.411. The number of hydrogen-bond acceptors (Lipinski definition) is 1. The first-order chi connectivity index (χ1) is 9.74. The summed E-state index contributed by atoms with van der Waals surface area (Å²) in [4.78, 5) is 0. The van der Waals surface area contributed by atoms with Gasteiger partial charge >= 0.3 is 0 Å². The van der Waals surface area contributed by atoms with Gasteiger partial charge in [0.1, 0.15) is 11.6 Å². The van der Waals surface area contributed by atoms with Crippen molar-refractivity contribution in [2.75, 3.05) is 6.54 Å². The maximum absolute atomic E-state index is 14.0. The highest BCUT2D eigenvalue weighted by Gasteiger charge is 2.24. The molecule has 1 nitrogen and oxygen atoms in total. The van der Waals surface area contributed by atoms with Gasteiger partial charge in [0.2, 0.25) is 0 Å². The van der Waals surface area contributed by atoms with Crippen LogP contribution in [0.3, 0.4) is 0 Å². The molecule has 0 aliphatic rings. The molecule has 0 aliphatic heterocycles. The third-order valence-electron chi connectivity index (χ3n) is 3.59. The molecule has 0 amide bonds. The Kier molecular flexibility index (Phi) is 6.79. The topological polar surface area (TPSA) is 12.0 Å². The van der Waals surface area contributed by atoms with Gasteiger partial charge in [-0.05, 0) is 49.3 Å². The van der Waals surface area contributed by atoms with Crippen LogP contribution in [-0.4, -0.2) is 6.54 Å². The van der Waals surface area contributed by atoms with Crippen LogP contribution < -0.4 is 5.32 Å². The van der Waals surface area contributed by atoms with Gasteiger partial charge in [0.25, 0.3) is 0 Å². The molecule has 1 N–H and O–H groups in total. The number of nitrogens with one attached hydrogen (secondary N) is 1. The minimum Gasteiger partial charge on any atom is -0.310 e. The van der Waals surface area contributed by atoms with E-state index in [-0.39, 0.29) is 17.0 Å². The van der Waals surface area contributed by atoms with Crippen molar-refractivity contribution < 1.29 is 8.78 Å². The van der Waals surface area contributed by atoms with Crippen LogP contribution in [-0.2, 0) is 0 Å². The van der Waals surface area contributed by atoms with E-state index >= 15 is 0 Å². The Balaban J connectivity index is 2.90. The number of rotatable bonds is 7. The van der Waals surface area contributed by atoms with E-state index in [0.717, 1.165) is 25.8 Å². The molecule has 2 unspecified atom stereocenters. The van der Waals surface area contributed by atoms with Crippen molar-refractivity contribution in [1.82, 2.24) is 5.32 Å². The first-order valence-corrected chi connectivity index (χ1v) is 7.92. The summed E-state index contributed by atoms with van der Waals surface area (Å²) in [6.07, 6.45) is 2.72. The van der Waals surface area contributed by atoms with Gasteiger partial charge in [-0.2, -0.15) is 0 Å². The SMILES string of the molecule is CCCNC(CC(C)CC(C)(C)C)c1c(F)cccc1F. The Morgan fingerprint density at radius 1 is 1.14 bits per heavy atom. The standard InChI is InChI=1S/C18H29F2N/c1-6-10-21-16(11-13(2)12-18(3,4)5)17-14(19)8-7-9-15(17)20/h7-9,13,16,21H,6,10-12H2,1-5H3. The molecular weight excluding hydrogens is 268 g/mol. The highest BCUT2D eigenvalue weighted by molar-refractivity contribution is 5.23. The Bertz CT molecular complexity index is 417. The van der Waals surface area contributed by atoms with Crippen LogP contribution in [0.4, 0.5) is 8.78 Å². The minimum atomic E-state index is -0.452. The van der Waals surface area contributed by atoms with E-state index in [1.165, 1.54) is 18.2 Å². The predicted molar refractivity (Wildman–Crippen MR) is 85.2 cm³/mol. The minimum absolute atomic E-state index is 0.187. The lowest BCUT2D eigenvalue weighted by Crippen LogP contribution is -2.27. The fourth-order valence-corrected chi connectivity index (χ4v) is 3.00. The average Bonchev–Trinajstić information content (AvgIpc) is 2.33. The third kappa shape index (κ3) is 6.13. The van der Waals surface area contributed by atoms with E-state index in [1.807, 2.05) is 0 Å². The van der Waals surface area contributed by atoms with E-state index in [2.05, 4.69) is 39.9 Å². The molecule has 0 fully saturated rings. The molecule has 0 saturated carbocycles. The molecule has 1 rings (SSSR count). The Hall–Kier alpha value is -0.960. The summed E-state index contributed by atoms with van der Waals surface area (Å²) in [7, 11) is 0. The Morgan fingerprint density at radius 2 is 1.71 bits per heavy atom. The van der Waals surface area contributed by atoms with Gasteiger partial charge in [-0.15, -0.1) is 0 Å². The predicted octanol–water partition coefficient (Wildman–Crippen LogP) is 5.47. The van der Waals surface area contributed by atoms with Gasteiger partial charge in [-0.1, -0.05) is 40.7 Å². The zero-order valence-electron chi connectivity index (χ0n) is 14.0. The summed E-state index contributed by atoms with van der Waals surface area (Å²) >= 11 is 0. The van der Waals surface area contributed by atoms with Crippen molar-refractivity contribution in [2.24, 2.45) is 11.3 Å². The highest BCUT2D eigenvalue weighted by Crippen LogP contribution is 2.32. The molecule has 0 radical (unpaired) electrons. The monoisotopic (exact) mass is 297 g/mol. The van der Waals surface area contributed by atoms with Crippen molar-refractivity contribution in [3.05, 3.63) is 35.4 Å². The maximum Gasteiger partial charge on any atom is 0.130 e. The molecule has 1 aromatic carbocycles. The van der Waals surface area contributed by atoms with Gasteiger partial charge in [-0.3, -0.25) is 0 Å². The first kappa shape index (κ1) is 18.1. The van der Waals surface area contributed by atoms with Crippen LogP contribution in [0, 0.1) is 23.0 Å². The summed E-state index contributed by atoms with van der Waals surface area (Å²) < 4.78 is 28.1. The molecular formula is C18H29F2N. The van der Waals surface area contributed by atoms with Crippen LogP contribution >= 0.6 is 0 Å². The van der Waals surface area contributed by atoms with E-state index in [9.17, 15) is 8.78 Å². The molecule has 2 atom stereocenters. The zero-order chi connectivity index (χ0) is 16.0. The molecule has 120 valence electrons. The van der Waals surface area contributed by atoms with Gasteiger partial charge in [0, 0.05) is 11.6 Å². The number of benzene rings is 1. The lowest BCUT2D eigenvalue weighted by atomic mass is 9.82. The van der Waals surface area contributed by atoms with E-state index < -0.39 is 11.6 Å². The molecule has 1 aromatic rings. The fraction of sp³-hybridized carbons (Fsp3) is 0.667. The average molecular weight is 297 g/mol. The van der Waals surface area contributed by atoms with Crippen LogP contribution in [0.25, 0.3) is 0 Å². The second kappa shape index (κ2) is 7.88.